The minimum absolute atomic E-state index is 1.03. The number of nitrogens with zero attached hydrogens (tertiary/aromatic N) is 2. The van der Waals surface area contributed by atoms with Crippen LogP contribution in [-0.2, 0) is 0 Å². The van der Waals surface area contributed by atoms with Crippen LogP contribution in [0.5, 0.6) is 0 Å². The normalized spacial score (nSPS) is 10.5. The second kappa shape index (κ2) is 4.49. The van der Waals surface area contributed by atoms with Gasteiger partial charge in [0, 0.05) is 24.3 Å². The lowest BCUT2D eigenvalue weighted by Crippen LogP contribution is -2.09. The van der Waals surface area contributed by atoms with E-state index in [0.717, 1.165) is 5.52 Å². The van der Waals surface area contributed by atoms with Crippen LogP contribution >= 0.6 is 0 Å². The van der Waals surface area contributed by atoms with Crippen molar-refractivity contribution >= 4 is 22.3 Å². The van der Waals surface area contributed by atoms with Crippen LogP contribution < -0.4 is 4.90 Å². The maximum Gasteiger partial charge on any atom is 0.0722 e. The summed E-state index contributed by atoms with van der Waals surface area (Å²) in [5.74, 6) is 0. The molecule has 88 valence electrons. The second-order valence-corrected chi connectivity index (χ2v) is 4.24. The quantitative estimate of drug-likeness (QED) is 0.666. The number of fused-ring (bicyclic) bond motifs is 1. The van der Waals surface area contributed by atoms with Crippen molar-refractivity contribution < 1.29 is 0 Å². The summed E-state index contributed by atoms with van der Waals surface area (Å²) in [7, 11) is 2.08. The van der Waals surface area contributed by atoms with E-state index < -0.39 is 0 Å². The molecule has 1 heterocycles. The maximum atomic E-state index is 4.39. The molecule has 0 unspecified atom stereocenters. The van der Waals surface area contributed by atoms with E-state index in [1.807, 2.05) is 30.5 Å². The van der Waals surface area contributed by atoms with Gasteiger partial charge in [-0.2, -0.15) is 0 Å². The summed E-state index contributed by atoms with van der Waals surface area (Å²) in [5.41, 5.74) is 3.37. The third-order valence-electron chi connectivity index (χ3n) is 3.13. The standard InChI is InChI=1S/C16H14N2/c1-18(13-7-3-2-4-8-13)16-11-5-10-15-14(16)9-6-12-17-15/h2-12H,1H3. The maximum absolute atomic E-state index is 4.39. The van der Waals surface area contributed by atoms with Crippen LogP contribution in [-0.4, -0.2) is 12.0 Å². The SMILES string of the molecule is CN(c1ccccc1)c1cccc2ncccc12. The van der Waals surface area contributed by atoms with Gasteiger partial charge in [-0.1, -0.05) is 24.3 Å². The van der Waals surface area contributed by atoms with Crippen LogP contribution in [0, 0.1) is 0 Å². The van der Waals surface area contributed by atoms with E-state index in [9.17, 15) is 0 Å². The Kier molecular flexibility index (Phi) is 2.69. The Labute approximate surface area is 107 Å². The number of hydrogen-bond donors (Lipinski definition) is 0. The zero-order valence-electron chi connectivity index (χ0n) is 10.2. The highest BCUT2D eigenvalue weighted by atomic mass is 15.1. The molecule has 0 bridgehead atoms. The highest BCUT2D eigenvalue weighted by Gasteiger charge is 2.07. The molecule has 0 aliphatic heterocycles. The molecule has 0 saturated heterocycles. The van der Waals surface area contributed by atoms with Crippen LogP contribution in [0.3, 0.4) is 0 Å². The lowest BCUT2D eigenvalue weighted by atomic mass is 10.1. The van der Waals surface area contributed by atoms with Crippen LogP contribution in [0.1, 0.15) is 0 Å². The zero-order chi connectivity index (χ0) is 12.4. The number of para-hydroxylation sites is 1. The highest BCUT2D eigenvalue weighted by molar-refractivity contribution is 5.93. The van der Waals surface area contributed by atoms with Crippen molar-refractivity contribution in [2.45, 2.75) is 0 Å². The molecule has 2 aromatic carbocycles. The molecule has 3 aromatic rings. The highest BCUT2D eigenvalue weighted by Crippen LogP contribution is 2.29. The van der Waals surface area contributed by atoms with Crippen molar-refractivity contribution in [2.75, 3.05) is 11.9 Å². The van der Waals surface area contributed by atoms with Crippen molar-refractivity contribution in [1.29, 1.82) is 0 Å². The minimum Gasteiger partial charge on any atom is -0.344 e. The van der Waals surface area contributed by atoms with E-state index in [2.05, 4.69) is 53.3 Å². The molecule has 3 rings (SSSR count). The third-order valence-corrected chi connectivity index (χ3v) is 3.13. The monoisotopic (exact) mass is 234 g/mol. The van der Waals surface area contributed by atoms with Gasteiger partial charge in [0.25, 0.3) is 0 Å². The van der Waals surface area contributed by atoms with Crippen LogP contribution in [0.2, 0.25) is 0 Å². The molecule has 0 atom stereocenters. The molecule has 0 radical (unpaired) electrons. The van der Waals surface area contributed by atoms with Gasteiger partial charge in [0.1, 0.15) is 0 Å². The smallest absolute Gasteiger partial charge is 0.0722 e. The van der Waals surface area contributed by atoms with E-state index in [1.54, 1.807) is 0 Å². The average molecular weight is 234 g/mol. The Morgan fingerprint density at radius 3 is 2.50 bits per heavy atom. The molecule has 0 aliphatic carbocycles. The van der Waals surface area contributed by atoms with Gasteiger partial charge in [-0.15, -0.1) is 0 Å². The van der Waals surface area contributed by atoms with Crippen molar-refractivity contribution in [1.82, 2.24) is 4.98 Å². The van der Waals surface area contributed by atoms with Gasteiger partial charge in [-0.3, -0.25) is 4.98 Å². The molecule has 18 heavy (non-hydrogen) atoms. The summed E-state index contributed by atoms with van der Waals surface area (Å²) in [6.45, 7) is 0. The Morgan fingerprint density at radius 2 is 1.67 bits per heavy atom. The summed E-state index contributed by atoms with van der Waals surface area (Å²) in [4.78, 5) is 6.58. The fourth-order valence-electron chi connectivity index (χ4n) is 2.17. The minimum atomic E-state index is 1.03. The first-order valence-electron chi connectivity index (χ1n) is 5.99. The first kappa shape index (κ1) is 10.8. The third kappa shape index (κ3) is 1.82. The molecule has 0 N–H and O–H groups in total. The van der Waals surface area contributed by atoms with Gasteiger partial charge in [0.15, 0.2) is 0 Å². The van der Waals surface area contributed by atoms with E-state index in [0.29, 0.717) is 0 Å². The Bertz CT molecular complexity index is 657. The first-order chi connectivity index (χ1) is 8.86. The predicted octanol–water partition coefficient (Wildman–Crippen LogP) is 4.00. The number of hydrogen-bond acceptors (Lipinski definition) is 2. The molecule has 0 saturated carbocycles. The fraction of sp³-hybridized carbons (Fsp3) is 0.0625. The molecule has 2 nitrogen and oxygen atoms in total. The van der Waals surface area contributed by atoms with Gasteiger partial charge >= 0.3 is 0 Å². The van der Waals surface area contributed by atoms with Crippen LogP contribution in [0.4, 0.5) is 11.4 Å². The Hall–Kier alpha value is -2.35. The predicted molar refractivity (Wildman–Crippen MR) is 76.2 cm³/mol. The average Bonchev–Trinajstić information content (AvgIpc) is 2.47. The van der Waals surface area contributed by atoms with Gasteiger partial charge in [0.05, 0.1) is 11.2 Å². The number of pyridine rings is 1. The summed E-state index contributed by atoms with van der Waals surface area (Å²) in [5, 5.41) is 1.17. The van der Waals surface area contributed by atoms with Crippen molar-refractivity contribution in [3.63, 3.8) is 0 Å². The zero-order valence-corrected chi connectivity index (χ0v) is 10.2. The van der Waals surface area contributed by atoms with Gasteiger partial charge in [-0.25, -0.2) is 0 Å². The van der Waals surface area contributed by atoms with E-state index in [-0.39, 0.29) is 0 Å². The lowest BCUT2D eigenvalue weighted by Gasteiger charge is -2.21. The van der Waals surface area contributed by atoms with E-state index in [1.165, 1.54) is 16.8 Å². The number of rotatable bonds is 2. The van der Waals surface area contributed by atoms with Crippen molar-refractivity contribution in [3.05, 3.63) is 66.9 Å². The van der Waals surface area contributed by atoms with Crippen molar-refractivity contribution in [3.8, 4) is 0 Å². The molecule has 0 spiro atoms. The summed E-state index contributed by atoms with van der Waals surface area (Å²) in [6, 6.07) is 20.6. The molecule has 2 heteroatoms. The molecule has 0 aliphatic rings. The summed E-state index contributed by atoms with van der Waals surface area (Å²) < 4.78 is 0. The van der Waals surface area contributed by atoms with E-state index in [4.69, 9.17) is 0 Å². The second-order valence-electron chi connectivity index (χ2n) is 4.24. The van der Waals surface area contributed by atoms with Gasteiger partial charge in [0.2, 0.25) is 0 Å². The number of aromatic nitrogens is 1. The first-order valence-corrected chi connectivity index (χ1v) is 5.99. The molecule has 0 fully saturated rings. The summed E-state index contributed by atoms with van der Waals surface area (Å²) >= 11 is 0. The molecule has 1 aromatic heterocycles. The van der Waals surface area contributed by atoms with Crippen molar-refractivity contribution in [2.24, 2.45) is 0 Å². The number of anilines is 2. The topological polar surface area (TPSA) is 16.1 Å². The molecule has 0 amide bonds. The summed E-state index contributed by atoms with van der Waals surface area (Å²) in [6.07, 6.45) is 1.83. The van der Waals surface area contributed by atoms with E-state index >= 15 is 0 Å². The van der Waals surface area contributed by atoms with Gasteiger partial charge < -0.3 is 4.90 Å². The van der Waals surface area contributed by atoms with Crippen LogP contribution in [0.15, 0.2) is 66.9 Å². The Balaban J connectivity index is 2.15. The largest absolute Gasteiger partial charge is 0.344 e. The van der Waals surface area contributed by atoms with Crippen LogP contribution in [0.25, 0.3) is 10.9 Å². The molecular weight excluding hydrogens is 220 g/mol. The fourth-order valence-corrected chi connectivity index (χ4v) is 2.17. The molecular formula is C16H14N2. The van der Waals surface area contributed by atoms with Gasteiger partial charge in [-0.05, 0) is 36.4 Å². The Morgan fingerprint density at radius 1 is 0.833 bits per heavy atom. The number of benzene rings is 2. The lowest BCUT2D eigenvalue weighted by molar-refractivity contribution is 1.22.